The lowest BCUT2D eigenvalue weighted by molar-refractivity contribution is -0.131. The highest BCUT2D eigenvalue weighted by Crippen LogP contribution is 2.19. The summed E-state index contributed by atoms with van der Waals surface area (Å²) in [6, 6.07) is 11.0. The van der Waals surface area contributed by atoms with E-state index >= 15 is 0 Å². The quantitative estimate of drug-likeness (QED) is 0.642. The van der Waals surface area contributed by atoms with Crippen molar-refractivity contribution < 1.29 is 18.7 Å². The molecule has 7 heteroatoms. The van der Waals surface area contributed by atoms with E-state index in [-0.39, 0.29) is 5.75 Å². The first-order valence-electron chi connectivity index (χ1n) is 7.00. The van der Waals surface area contributed by atoms with Crippen molar-refractivity contribution in [2.75, 3.05) is 14.2 Å². The normalized spacial score (nSPS) is 12.2. The zero-order valence-corrected chi connectivity index (χ0v) is 13.9. The maximum absolute atomic E-state index is 13.3. The maximum atomic E-state index is 13.3. The van der Waals surface area contributed by atoms with E-state index in [1.54, 1.807) is 24.3 Å². The zero-order chi connectivity index (χ0) is 17.5. The van der Waals surface area contributed by atoms with E-state index < -0.39 is 17.8 Å². The molecular formula is C17H16ClFN2O3. The minimum absolute atomic E-state index is 0.0983. The second-order valence-corrected chi connectivity index (χ2v) is 5.23. The van der Waals surface area contributed by atoms with Gasteiger partial charge in [0.05, 0.1) is 13.3 Å². The molecule has 0 saturated carbocycles. The third-order valence-electron chi connectivity index (χ3n) is 3.21. The van der Waals surface area contributed by atoms with Gasteiger partial charge in [-0.15, -0.1) is 0 Å². The third-order valence-corrected chi connectivity index (χ3v) is 3.46. The van der Waals surface area contributed by atoms with Crippen LogP contribution in [0.25, 0.3) is 0 Å². The fourth-order valence-corrected chi connectivity index (χ4v) is 2.14. The van der Waals surface area contributed by atoms with Gasteiger partial charge in [0.15, 0.2) is 17.7 Å². The SMILES string of the molecule is COc1cc(/C=N/NC(=O)C(OC)c2ccc(Cl)cc2)ccc1F. The molecule has 0 fully saturated rings. The van der Waals surface area contributed by atoms with Gasteiger partial charge in [-0.25, -0.2) is 9.82 Å². The van der Waals surface area contributed by atoms with Crippen molar-refractivity contribution in [3.63, 3.8) is 0 Å². The van der Waals surface area contributed by atoms with Crippen molar-refractivity contribution in [2.24, 2.45) is 5.10 Å². The van der Waals surface area contributed by atoms with Gasteiger partial charge in [0.1, 0.15) is 0 Å². The topological polar surface area (TPSA) is 59.9 Å². The minimum Gasteiger partial charge on any atom is -0.494 e. The molecule has 1 amide bonds. The summed E-state index contributed by atoms with van der Waals surface area (Å²) in [6.45, 7) is 0. The van der Waals surface area contributed by atoms with Gasteiger partial charge in [0.25, 0.3) is 5.91 Å². The van der Waals surface area contributed by atoms with Crippen LogP contribution in [-0.2, 0) is 9.53 Å². The molecule has 0 heterocycles. The molecule has 1 atom stereocenters. The smallest absolute Gasteiger partial charge is 0.273 e. The Balaban J connectivity index is 2.04. The Morgan fingerprint density at radius 3 is 2.58 bits per heavy atom. The summed E-state index contributed by atoms with van der Waals surface area (Å²) in [6.07, 6.45) is 0.566. The highest BCUT2D eigenvalue weighted by atomic mass is 35.5. The molecule has 5 nitrogen and oxygen atoms in total. The molecule has 126 valence electrons. The van der Waals surface area contributed by atoms with Crippen LogP contribution in [0.5, 0.6) is 5.75 Å². The number of hydrazone groups is 1. The first kappa shape index (κ1) is 17.9. The number of nitrogens with one attached hydrogen (secondary N) is 1. The van der Waals surface area contributed by atoms with Crippen molar-refractivity contribution >= 4 is 23.7 Å². The molecule has 0 spiro atoms. The van der Waals surface area contributed by atoms with E-state index in [4.69, 9.17) is 21.1 Å². The monoisotopic (exact) mass is 350 g/mol. The Hall–Kier alpha value is -2.44. The fraction of sp³-hybridized carbons (Fsp3) is 0.176. The number of amides is 1. The summed E-state index contributed by atoms with van der Waals surface area (Å²) in [5.41, 5.74) is 3.61. The number of hydrogen-bond acceptors (Lipinski definition) is 4. The summed E-state index contributed by atoms with van der Waals surface area (Å²) < 4.78 is 23.4. The molecule has 0 aliphatic carbocycles. The summed E-state index contributed by atoms with van der Waals surface area (Å²) in [4.78, 5) is 12.2. The van der Waals surface area contributed by atoms with E-state index in [9.17, 15) is 9.18 Å². The molecule has 1 N–H and O–H groups in total. The van der Waals surface area contributed by atoms with Crippen LogP contribution >= 0.6 is 11.6 Å². The number of nitrogens with zero attached hydrogens (tertiary/aromatic N) is 1. The van der Waals surface area contributed by atoms with E-state index in [0.29, 0.717) is 16.1 Å². The maximum Gasteiger partial charge on any atom is 0.273 e. The number of benzene rings is 2. The molecule has 2 rings (SSSR count). The van der Waals surface area contributed by atoms with Crippen LogP contribution in [0.2, 0.25) is 5.02 Å². The van der Waals surface area contributed by atoms with E-state index in [2.05, 4.69) is 10.5 Å². The predicted molar refractivity (Wildman–Crippen MR) is 89.9 cm³/mol. The Labute approximate surface area is 144 Å². The van der Waals surface area contributed by atoms with Crippen LogP contribution < -0.4 is 10.2 Å². The van der Waals surface area contributed by atoms with Gasteiger partial charge in [0, 0.05) is 12.1 Å². The number of ether oxygens (including phenoxy) is 2. The summed E-state index contributed by atoms with van der Waals surface area (Å²) >= 11 is 5.82. The molecule has 0 aliphatic rings. The van der Waals surface area contributed by atoms with Gasteiger partial charge in [-0.2, -0.15) is 5.10 Å². The lowest BCUT2D eigenvalue weighted by Crippen LogP contribution is -2.26. The highest BCUT2D eigenvalue weighted by molar-refractivity contribution is 6.30. The Morgan fingerprint density at radius 1 is 1.25 bits per heavy atom. The third kappa shape index (κ3) is 4.53. The van der Waals surface area contributed by atoms with Crippen LogP contribution in [0.4, 0.5) is 4.39 Å². The number of hydrogen-bond donors (Lipinski definition) is 1. The van der Waals surface area contributed by atoms with Crippen molar-refractivity contribution in [2.45, 2.75) is 6.10 Å². The lowest BCUT2D eigenvalue weighted by Gasteiger charge is -2.13. The summed E-state index contributed by atoms with van der Waals surface area (Å²) in [7, 11) is 2.80. The van der Waals surface area contributed by atoms with Gasteiger partial charge in [0.2, 0.25) is 0 Å². The lowest BCUT2D eigenvalue weighted by atomic mass is 10.1. The van der Waals surface area contributed by atoms with Gasteiger partial charge < -0.3 is 9.47 Å². The molecule has 0 bridgehead atoms. The van der Waals surface area contributed by atoms with E-state index in [0.717, 1.165) is 0 Å². The molecule has 2 aromatic carbocycles. The number of halogens is 2. The average Bonchev–Trinajstić information content (AvgIpc) is 2.58. The van der Waals surface area contributed by atoms with Gasteiger partial charge in [-0.3, -0.25) is 4.79 Å². The van der Waals surface area contributed by atoms with Gasteiger partial charge in [-0.05, 0) is 35.4 Å². The Bertz CT molecular complexity index is 735. The molecular weight excluding hydrogens is 335 g/mol. The van der Waals surface area contributed by atoms with Crippen molar-refractivity contribution in [3.05, 3.63) is 64.4 Å². The van der Waals surface area contributed by atoms with Crippen molar-refractivity contribution in [3.8, 4) is 5.75 Å². The molecule has 2 aromatic rings. The predicted octanol–water partition coefficient (Wildman–Crippen LogP) is 3.33. The van der Waals surface area contributed by atoms with E-state index in [1.807, 2.05) is 0 Å². The summed E-state index contributed by atoms with van der Waals surface area (Å²) in [5.74, 6) is -0.813. The van der Waals surface area contributed by atoms with Crippen LogP contribution in [0.3, 0.4) is 0 Å². The molecule has 1 unspecified atom stereocenters. The molecule has 0 saturated heterocycles. The molecule has 24 heavy (non-hydrogen) atoms. The first-order valence-corrected chi connectivity index (χ1v) is 7.37. The second-order valence-electron chi connectivity index (χ2n) is 4.80. The first-order chi connectivity index (χ1) is 11.5. The standard InChI is InChI=1S/C17H16ClFN2O3/c1-23-15-9-11(3-8-14(15)19)10-20-21-17(22)16(24-2)12-4-6-13(18)7-5-12/h3-10,16H,1-2H3,(H,21,22)/b20-10+. The van der Waals surface area contributed by atoms with Crippen molar-refractivity contribution in [1.29, 1.82) is 0 Å². The minimum atomic E-state index is -0.817. The Morgan fingerprint density at radius 2 is 1.96 bits per heavy atom. The van der Waals surface area contributed by atoms with Crippen LogP contribution in [0, 0.1) is 5.82 Å². The zero-order valence-electron chi connectivity index (χ0n) is 13.1. The van der Waals surface area contributed by atoms with Crippen LogP contribution in [0.1, 0.15) is 17.2 Å². The van der Waals surface area contributed by atoms with Crippen LogP contribution in [-0.4, -0.2) is 26.3 Å². The highest BCUT2D eigenvalue weighted by Gasteiger charge is 2.19. The second kappa shape index (κ2) is 8.42. The van der Waals surface area contributed by atoms with Gasteiger partial charge in [-0.1, -0.05) is 29.8 Å². The van der Waals surface area contributed by atoms with Crippen LogP contribution in [0.15, 0.2) is 47.6 Å². The number of carbonyl (C=O) groups excluding carboxylic acids is 1. The van der Waals surface area contributed by atoms with Gasteiger partial charge >= 0.3 is 0 Å². The van der Waals surface area contributed by atoms with E-state index in [1.165, 1.54) is 38.6 Å². The fourth-order valence-electron chi connectivity index (χ4n) is 2.02. The largest absolute Gasteiger partial charge is 0.494 e. The number of methoxy groups -OCH3 is 2. The average molecular weight is 351 g/mol. The van der Waals surface area contributed by atoms with Crippen molar-refractivity contribution in [1.82, 2.24) is 5.43 Å². The summed E-state index contributed by atoms with van der Waals surface area (Å²) in [5, 5.41) is 4.42. The number of rotatable bonds is 6. The molecule has 0 radical (unpaired) electrons. The Kier molecular flexibility index (Phi) is 6.28. The number of carbonyl (C=O) groups is 1. The molecule has 0 aromatic heterocycles. The molecule has 0 aliphatic heterocycles.